The minimum atomic E-state index is -4.67. The zero-order valence-corrected chi connectivity index (χ0v) is 8.12. The maximum Gasteiger partial charge on any atom is 0.394 e. The van der Waals surface area contributed by atoms with Gasteiger partial charge < -0.3 is 5.11 Å². The second-order valence-electron chi connectivity index (χ2n) is 0.967. The molecule has 0 saturated carbocycles. The van der Waals surface area contributed by atoms with E-state index in [2.05, 4.69) is 0 Å². The van der Waals surface area contributed by atoms with Crippen LogP contribution in [0.3, 0.4) is 0 Å². The van der Waals surface area contributed by atoms with Crippen molar-refractivity contribution in [3.63, 3.8) is 0 Å². The van der Waals surface area contributed by atoms with Gasteiger partial charge in [0.2, 0.25) is 0 Å². The van der Waals surface area contributed by atoms with E-state index in [1.54, 1.807) is 0 Å². The molecule has 0 fully saturated rings. The Morgan fingerprint density at radius 1 is 1.27 bits per heavy atom. The first kappa shape index (κ1) is 22.5. The Hall–Kier alpha value is 0.366. The summed E-state index contributed by atoms with van der Waals surface area (Å²) in [6.07, 6.45) is 0. The molecule has 6 nitrogen and oxygen atoms in total. The van der Waals surface area contributed by atoms with E-state index in [1.807, 2.05) is 0 Å². The predicted octanol–water partition coefficient (Wildman–Crippen LogP) is -0.567. The molecule has 0 aliphatic heterocycles. The largest absolute Gasteiger partial charge is 0.481 e. The zero-order chi connectivity index (χ0) is 8.08. The van der Waals surface area contributed by atoms with Crippen LogP contribution < -0.4 is 0 Å². The van der Waals surface area contributed by atoms with E-state index in [9.17, 15) is 0 Å². The third-order valence-electron chi connectivity index (χ3n) is 0. The van der Waals surface area contributed by atoms with Crippen molar-refractivity contribution in [3.05, 3.63) is 0 Å². The minimum Gasteiger partial charge on any atom is -0.481 e. The summed E-state index contributed by atoms with van der Waals surface area (Å²) in [6, 6.07) is 0. The van der Waals surface area contributed by atoms with Gasteiger partial charge >= 0.3 is 10.4 Å². The monoisotopic (exact) mass is 273 g/mol. The van der Waals surface area contributed by atoms with E-state index in [4.69, 9.17) is 27.4 Å². The topological polar surface area (TPSA) is 112 Å². The van der Waals surface area contributed by atoms with Crippen LogP contribution in [0.5, 0.6) is 0 Å². The van der Waals surface area contributed by atoms with Crippen LogP contribution in [0.1, 0.15) is 6.92 Å². The SMILES string of the molecule is CC(=O)O.O=S(=O)(O)O.[Co].[Fe]. The van der Waals surface area contributed by atoms with Crippen LogP contribution in [-0.2, 0) is 49.0 Å². The zero-order valence-electron chi connectivity index (χ0n) is 5.16. The number of carboxylic acids is 1. The van der Waals surface area contributed by atoms with Crippen molar-refractivity contribution < 1.29 is 61.3 Å². The van der Waals surface area contributed by atoms with E-state index in [0.717, 1.165) is 6.92 Å². The van der Waals surface area contributed by atoms with Crippen LogP contribution in [0.2, 0.25) is 0 Å². The number of aliphatic carboxylic acids is 1. The fourth-order valence-corrected chi connectivity index (χ4v) is 0. The van der Waals surface area contributed by atoms with Crippen molar-refractivity contribution in [3.8, 4) is 0 Å². The summed E-state index contributed by atoms with van der Waals surface area (Å²) < 4.78 is 31.6. The van der Waals surface area contributed by atoms with Gasteiger partial charge in [0.05, 0.1) is 0 Å². The molecule has 0 atom stereocenters. The summed E-state index contributed by atoms with van der Waals surface area (Å²) in [6.45, 7) is 1.08. The molecule has 1 radical (unpaired) electrons. The minimum absolute atomic E-state index is 0. The normalized spacial score (nSPS) is 7.55. The molecule has 3 N–H and O–H groups in total. The third-order valence-corrected chi connectivity index (χ3v) is 0. The van der Waals surface area contributed by atoms with Gasteiger partial charge in [-0.05, 0) is 0 Å². The summed E-state index contributed by atoms with van der Waals surface area (Å²) >= 11 is 0. The smallest absolute Gasteiger partial charge is 0.394 e. The molecule has 0 bridgehead atoms. The summed E-state index contributed by atoms with van der Waals surface area (Å²) in [5, 5.41) is 7.42. The van der Waals surface area contributed by atoms with Crippen LogP contribution in [0, 0.1) is 0 Å². The van der Waals surface area contributed by atoms with Gasteiger partial charge in [0.25, 0.3) is 5.97 Å². The number of hydrogen-bond donors (Lipinski definition) is 3. The van der Waals surface area contributed by atoms with Gasteiger partial charge in [0, 0.05) is 40.8 Å². The fourth-order valence-electron chi connectivity index (χ4n) is 0. The Morgan fingerprint density at radius 3 is 1.27 bits per heavy atom. The van der Waals surface area contributed by atoms with Crippen LogP contribution >= 0.6 is 0 Å². The average Bonchev–Trinajstić information content (AvgIpc) is 1.19. The van der Waals surface area contributed by atoms with Gasteiger partial charge in [-0.3, -0.25) is 13.9 Å². The first-order chi connectivity index (χ1) is 3.73. The van der Waals surface area contributed by atoms with E-state index >= 15 is 0 Å². The Morgan fingerprint density at radius 2 is 1.27 bits per heavy atom. The fraction of sp³-hybridized carbons (Fsp3) is 0.500. The number of carbonyl (C=O) groups is 1. The molecule has 0 rings (SSSR count). The molecular weight excluding hydrogens is 267 g/mol. The van der Waals surface area contributed by atoms with Crippen LogP contribution in [0.25, 0.3) is 0 Å². The van der Waals surface area contributed by atoms with Gasteiger partial charge in [-0.2, -0.15) is 8.42 Å². The van der Waals surface area contributed by atoms with Gasteiger partial charge in [0.1, 0.15) is 0 Å². The first-order valence-corrected chi connectivity index (χ1v) is 3.02. The summed E-state index contributed by atoms with van der Waals surface area (Å²) in [7, 11) is -4.67. The molecule has 9 heteroatoms. The van der Waals surface area contributed by atoms with E-state index < -0.39 is 16.4 Å². The Balaban J connectivity index is -0.0000000383. The van der Waals surface area contributed by atoms with Gasteiger partial charge in [-0.15, -0.1) is 0 Å². The molecule has 0 aromatic carbocycles. The van der Waals surface area contributed by atoms with Gasteiger partial charge in [0.15, 0.2) is 0 Å². The number of hydrogen-bond acceptors (Lipinski definition) is 3. The Kier molecular flexibility index (Phi) is 21.2. The number of carboxylic acid groups (broad SMARTS) is 1. The van der Waals surface area contributed by atoms with Gasteiger partial charge in [-0.1, -0.05) is 0 Å². The molecule has 0 unspecified atom stereocenters. The second-order valence-corrected chi connectivity index (χ2v) is 1.86. The standard InChI is InChI=1S/C2H4O2.Co.Fe.H2O4S/c1-2(3)4;;;1-5(2,3)4/h1H3,(H,3,4);;;(H2,1,2,3,4). The summed E-state index contributed by atoms with van der Waals surface area (Å²) in [5.74, 6) is -0.833. The quantitative estimate of drug-likeness (QED) is 0.402. The Labute approximate surface area is 84.6 Å². The van der Waals surface area contributed by atoms with Crippen LogP contribution in [0.4, 0.5) is 0 Å². The molecule has 0 saturated heterocycles. The molecule has 0 spiro atoms. The molecule has 73 valence electrons. The molecule has 0 aliphatic rings. The van der Waals surface area contributed by atoms with Crippen molar-refractivity contribution in [2.75, 3.05) is 0 Å². The van der Waals surface area contributed by atoms with Crippen molar-refractivity contribution in [2.45, 2.75) is 6.92 Å². The Bertz CT molecular complexity index is 163. The van der Waals surface area contributed by atoms with Crippen molar-refractivity contribution in [1.29, 1.82) is 0 Å². The van der Waals surface area contributed by atoms with Crippen LogP contribution in [-0.4, -0.2) is 28.6 Å². The van der Waals surface area contributed by atoms with E-state index in [0.29, 0.717) is 0 Å². The summed E-state index contributed by atoms with van der Waals surface area (Å²) in [4.78, 5) is 9.00. The predicted molar refractivity (Wildman–Crippen MR) is 27.5 cm³/mol. The van der Waals surface area contributed by atoms with E-state index in [1.165, 1.54) is 0 Å². The summed E-state index contributed by atoms with van der Waals surface area (Å²) in [5.41, 5.74) is 0. The molecule has 0 amide bonds. The number of rotatable bonds is 0. The van der Waals surface area contributed by atoms with Crippen molar-refractivity contribution in [1.82, 2.24) is 0 Å². The molecule has 0 heterocycles. The molecule has 0 aromatic rings. The molecular formula is C2H6CoFeO6S. The molecule has 0 aromatic heterocycles. The molecule has 11 heavy (non-hydrogen) atoms. The first-order valence-electron chi connectivity index (χ1n) is 1.63. The molecule has 0 aliphatic carbocycles. The average molecular weight is 273 g/mol. The van der Waals surface area contributed by atoms with Gasteiger partial charge in [-0.25, -0.2) is 0 Å². The van der Waals surface area contributed by atoms with Crippen LogP contribution in [0.15, 0.2) is 0 Å². The maximum absolute atomic E-state index is 9.00. The van der Waals surface area contributed by atoms with E-state index in [-0.39, 0.29) is 33.8 Å². The third kappa shape index (κ3) is 5420. The second kappa shape index (κ2) is 10.4. The van der Waals surface area contributed by atoms with Crippen molar-refractivity contribution in [2.24, 2.45) is 0 Å². The maximum atomic E-state index is 9.00. The van der Waals surface area contributed by atoms with Crippen molar-refractivity contribution >= 4 is 16.4 Å².